The number of halogens is 2. The van der Waals surface area contributed by atoms with E-state index in [9.17, 15) is 9.59 Å². The van der Waals surface area contributed by atoms with Crippen molar-refractivity contribution < 1.29 is 9.59 Å². The quantitative estimate of drug-likeness (QED) is 0.523. The van der Waals surface area contributed by atoms with Gasteiger partial charge in [0.25, 0.3) is 11.8 Å². The van der Waals surface area contributed by atoms with Gasteiger partial charge in [0.15, 0.2) is 0 Å². The number of anilines is 3. The number of nitrogens with one attached hydrogen (secondary N) is 1. The Morgan fingerprint density at radius 1 is 0.806 bits per heavy atom. The first-order valence-electron chi connectivity index (χ1n) is 9.54. The molecule has 0 saturated heterocycles. The van der Waals surface area contributed by atoms with Crippen LogP contribution in [0.2, 0.25) is 10.0 Å². The molecule has 5 nitrogen and oxygen atoms in total. The largest absolute Gasteiger partial charge is 0.378 e. The Morgan fingerprint density at radius 2 is 1.48 bits per heavy atom. The first-order valence-corrected chi connectivity index (χ1v) is 10.3. The number of rotatable bonds is 5. The summed E-state index contributed by atoms with van der Waals surface area (Å²) in [5, 5.41) is 4.13. The SMILES string of the molecule is CN(C)c1ccc(NC2=C(c3ccc(Cl)cc3)C(=O)N(c3cccc(Cl)c3)C2=O)cc1. The average molecular weight is 452 g/mol. The molecular weight excluding hydrogens is 433 g/mol. The molecule has 0 saturated carbocycles. The van der Waals surface area contributed by atoms with Gasteiger partial charge in [0.05, 0.1) is 11.3 Å². The highest BCUT2D eigenvalue weighted by Gasteiger charge is 2.40. The maximum atomic E-state index is 13.4. The van der Waals surface area contributed by atoms with Crippen LogP contribution in [0.1, 0.15) is 5.56 Å². The molecule has 0 spiro atoms. The minimum atomic E-state index is -0.450. The summed E-state index contributed by atoms with van der Waals surface area (Å²) in [6, 6.07) is 21.1. The summed E-state index contributed by atoms with van der Waals surface area (Å²) in [4.78, 5) is 29.9. The second-order valence-corrected chi connectivity index (χ2v) is 8.12. The predicted molar refractivity (Wildman–Crippen MR) is 127 cm³/mol. The van der Waals surface area contributed by atoms with Crippen molar-refractivity contribution >= 4 is 57.7 Å². The molecule has 31 heavy (non-hydrogen) atoms. The van der Waals surface area contributed by atoms with E-state index in [-0.39, 0.29) is 11.3 Å². The molecule has 1 heterocycles. The maximum absolute atomic E-state index is 13.4. The van der Waals surface area contributed by atoms with Gasteiger partial charge >= 0.3 is 0 Å². The van der Waals surface area contributed by atoms with Gasteiger partial charge in [-0.2, -0.15) is 0 Å². The molecule has 0 aromatic heterocycles. The summed E-state index contributed by atoms with van der Waals surface area (Å²) < 4.78 is 0. The second kappa shape index (κ2) is 8.46. The number of imide groups is 1. The Hall–Kier alpha value is -3.28. The van der Waals surface area contributed by atoms with Crippen LogP contribution < -0.4 is 15.1 Å². The van der Waals surface area contributed by atoms with E-state index >= 15 is 0 Å². The van der Waals surface area contributed by atoms with Gasteiger partial charge in [-0.1, -0.05) is 41.4 Å². The molecule has 0 radical (unpaired) electrons. The maximum Gasteiger partial charge on any atom is 0.282 e. The van der Waals surface area contributed by atoms with Gasteiger partial charge in [-0.25, -0.2) is 4.90 Å². The van der Waals surface area contributed by atoms with Crippen molar-refractivity contribution in [3.05, 3.63) is 94.1 Å². The van der Waals surface area contributed by atoms with Crippen molar-refractivity contribution in [1.29, 1.82) is 0 Å². The molecule has 1 aliphatic rings. The summed E-state index contributed by atoms with van der Waals surface area (Å²) in [6.45, 7) is 0. The molecule has 1 N–H and O–H groups in total. The zero-order chi connectivity index (χ0) is 22.1. The van der Waals surface area contributed by atoms with Crippen LogP contribution in [0.3, 0.4) is 0 Å². The second-order valence-electron chi connectivity index (χ2n) is 7.25. The summed E-state index contributed by atoms with van der Waals surface area (Å²) >= 11 is 12.1. The molecular formula is C24H19Cl2N3O2. The van der Waals surface area contributed by atoms with Gasteiger partial charge < -0.3 is 10.2 Å². The summed E-state index contributed by atoms with van der Waals surface area (Å²) in [7, 11) is 3.90. The molecule has 0 fully saturated rings. The zero-order valence-electron chi connectivity index (χ0n) is 16.9. The van der Waals surface area contributed by atoms with E-state index in [2.05, 4.69) is 5.32 Å². The van der Waals surface area contributed by atoms with E-state index in [1.54, 1.807) is 48.5 Å². The molecule has 7 heteroatoms. The number of hydrogen-bond donors (Lipinski definition) is 1. The number of carbonyl (C=O) groups is 2. The fourth-order valence-electron chi connectivity index (χ4n) is 3.37. The summed E-state index contributed by atoms with van der Waals surface area (Å²) in [5.74, 6) is -0.879. The standard InChI is InChI=1S/C24H19Cl2N3O2/c1-28(2)19-12-10-18(11-13-19)27-22-21(15-6-8-16(25)9-7-15)23(30)29(24(22)31)20-5-3-4-17(26)14-20/h3-14,27H,1-2H3. The minimum absolute atomic E-state index is 0.199. The molecule has 3 aromatic rings. The van der Waals surface area contributed by atoms with Crippen molar-refractivity contribution in [1.82, 2.24) is 0 Å². The average Bonchev–Trinajstić information content (AvgIpc) is 2.98. The lowest BCUT2D eigenvalue weighted by Gasteiger charge is -2.16. The third-order valence-corrected chi connectivity index (χ3v) is 5.42. The number of nitrogens with zero attached hydrogens (tertiary/aromatic N) is 2. The summed E-state index contributed by atoms with van der Waals surface area (Å²) in [5.41, 5.74) is 3.20. The van der Waals surface area contributed by atoms with Crippen molar-refractivity contribution in [3.8, 4) is 0 Å². The van der Waals surface area contributed by atoms with Crippen molar-refractivity contribution in [2.24, 2.45) is 0 Å². The van der Waals surface area contributed by atoms with Gasteiger partial charge in [0.2, 0.25) is 0 Å². The number of amides is 2. The minimum Gasteiger partial charge on any atom is -0.378 e. The molecule has 156 valence electrons. The van der Waals surface area contributed by atoms with Gasteiger partial charge in [0, 0.05) is 35.5 Å². The van der Waals surface area contributed by atoms with Crippen LogP contribution in [-0.2, 0) is 9.59 Å². The van der Waals surface area contributed by atoms with Crippen LogP contribution in [-0.4, -0.2) is 25.9 Å². The molecule has 0 unspecified atom stereocenters. The smallest absolute Gasteiger partial charge is 0.282 e. The number of carbonyl (C=O) groups excluding carboxylic acids is 2. The number of benzene rings is 3. The van der Waals surface area contributed by atoms with E-state index in [4.69, 9.17) is 23.2 Å². The van der Waals surface area contributed by atoms with E-state index in [1.165, 1.54) is 0 Å². The third kappa shape index (κ3) is 4.15. The van der Waals surface area contributed by atoms with Crippen molar-refractivity contribution in [2.75, 3.05) is 29.2 Å². The molecule has 0 bridgehead atoms. The van der Waals surface area contributed by atoms with Crippen LogP contribution >= 0.6 is 23.2 Å². The van der Waals surface area contributed by atoms with Crippen LogP contribution in [0.25, 0.3) is 5.57 Å². The highest BCUT2D eigenvalue weighted by atomic mass is 35.5. The Kier molecular flexibility index (Phi) is 5.72. The van der Waals surface area contributed by atoms with Gasteiger partial charge in [-0.15, -0.1) is 0 Å². The lowest BCUT2D eigenvalue weighted by Crippen LogP contribution is -2.32. The number of hydrogen-bond acceptors (Lipinski definition) is 4. The molecule has 2 amide bonds. The van der Waals surface area contributed by atoms with Crippen LogP contribution in [0.5, 0.6) is 0 Å². The lowest BCUT2D eigenvalue weighted by atomic mass is 10.0. The van der Waals surface area contributed by atoms with Gasteiger partial charge in [-0.05, 0) is 60.2 Å². The Morgan fingerprint density at radius 3 is 2.10 bits per heavy atom. The lowest BCUT2D eigenvalue weighted by molar-refractivity contribution is -0.120. The van der Waals surface area contributed by atoms with E-state index in [0.29, 0.717) is 27.0 Å². The molecule has 0 atom stereocenters. The zero-order valence-corrected chi connectivity index (χ0v) is 18.4. The predicted octanol–water partition coefficient (Wildman–Crippen LogP) is 5.46. The fourth-order valence-corrected chi connectivity index (χ4v) is 3.68. The van der Waals surface area contributed by atoms with Gasteiger partial charge in [0.1, 0.15) is 5.70 Å². The fraction of sp³-hybridized carbons (Fsp3) is 0.0833. The first-order chi connectivity index (χ1) is 14.8. The van der Waals surface area contributed by atoms with Crippen LogP contribution in [0.15, 0.2) is 78.5 Å². The Balaban J connectivity index is 1.78. The normalized spacial score (nSPS) is 13.7. The van der Waals surface area contributed by atoms with E-state index in [1.807, 2.05) is 43.3 Å². The third-order valence-electron chi connectivity index (χ3n) is 4.94. The highest BCUT2D eigenvalue weighted by molar-refractivity contribution is 6.46. The van der Waals surface area contributed by atoms with Crippen LogP contribution in [0, 0.1) is 0 Å². The highest BCUT2D eigenvalue weighted by Crippen LogP contribution is 2.35. The van der Waals surface area contributed by atoms with E-state index in [0.717, 1.165) is 10.6 Å². The van der Waals surface area contributed by atoms with E-state index < -0.39 is 11.8 Å². The van der Waals surface area contributed by atoms with Gasteiger partial charge in [-0.3, -0.25) is 9.59 Å². The Labute approximate surface area is 190 Å². The van der Waals surface area contributed by atoms with Crippen molar-refractivity contribution in [3.63, 3.8) is 0 Å². The summed E-state index contributed by atoms with van der Waals surface area (Å²) in [6.07, 6.45) is 0. The van der Waals surface area contributed by atoms with Crippen molar-refractivity contribution in [2.45, 2.75) is 0 Å². The molecule has 1 aliphatic heterocycles. The van der Waals surface area contributed by atoms with Crippen LogP contribution in [0.4, 0.5) is 17.1 Å². The first kappa shape index (κ1) is 21.0. The topological polar surface area (TPSA) is 52.7 Å². The molecule has 3 aromatic carbocycles. The Bertz CT molecular complexity index is 1190. The monoisotopic (exact) mass is 451 g/mol. The molecule has 0 aliphatic carbocycles. The molecule has 4 rings (SSSR count).